The fourth-order valence-corrected chi connectivity index (χ4v) is 3.64. The van der Waals surface area contributed by atoms with Crippen LogP contribution < -0.4 is 0 Å². The molecule has 0 spiro atoms. The van der Waals surface area contributed by atoms with Crippen LogP contribution in [0.5, 0.6) is 0 Å². The lowest BCUT2D eigenvalue weighted by molar-refractivity contribution is -0.0293. The normalized spacial score (nSPS) is 20.5. The van der Waals surface area contributed by atoms with Gasteiger partial charge in [-0.1, -0.05) is 60.7 Å². The zero-order valence-corrected chi connectivity index (χ0v) is 15.2. The van der Waals surface area contributed by atoms with Crippen LogP contribution in [0.3, 0.4) is 0 Å². The van der Waals surface area contributed by atoms with Crippen LogP contribution >= 0.6 is 11.6 Å². The summed E-state index contributed by atoms with van der Waals surface area (Å²) in [6, 6.07) is 20.4. The minimum atomic E-state index is -0.00520. The third-order valence-electron chi connectivity index (χ3n) is 4.69. The number of hydrogen-bond donors (Lipinski definition) is 0. The van der Waals surface area contributed by atoms with Crippen molar-refractivity contribution in [1.82, 2.24) is 9.55 Å². The minimum Gasteiger partial charge on any atom is -0.365 e. The second-order valence-corrected chi connectivity index (χ2v) is 6.82. The molecule has 1 aromatic heterocycles. The molecule has 1 fully saturated rings. The van der Waals surface area contributed by atoms with Crippen molar-refractivity contribution in [1.29, 1.82) is 0 Å². The highest BCUT2D eigenvalue weighted by molar-refractivity contribution is 6.28. The van der Waals surface area contributed by atoms with E-state index in [1.54, 1.807) is 0 Å². The third-order valence-corrected chi connectivity index (χ3v) is 4.95. The van der Waals surface area contributed by atoms with Crippen LogP contribution in [-0.4, -0.2) is 15.7 Å². The Morgan fingerprint density at radius 2 is 1.73 bits per heavy atom. The van der Waals surface area contributed by atoms with Gasteiger partial charge in [-0.15, -0.1) is 0 Å². The first-order chi connectivity index (χ1) is 12.8. The summed E-state index contributed by atoms with van der Waals surface area (Å²) in [5, 5.41) is 0.469. The minimum absolute atomic E-state index is 0.00520. The predicted molar refractivity (Wildman–Crippen MR) is 106 cm³/mol. The number of rotatable bonds is 4. The predicted octanol–water partition coefficient (Wildman–Crippen LogP) is 5.85. The van der Waals surface area contributed by atoms with E-state index in [-0.39, 0.29) is 12.2 Å². The lowest BCUT2D eigenvalue weighted by Gasteiger charge is -2.29. The molecule has 4 heteroatoms. The third kappa shape index (κ3) is 3.74. The van der Waals surface area contributed by atoms with Gasteiger partial charge in [-0.2, -0.15) is 0 Å². The molecule has 4 rings (SSSR count). The highest BCUT2D eigenvalue weighted by Gasteiger charge is 2.26. The Bertz CT molecular complexity index is 874. The van der Waals surface area contributed by atoms with Crippen molar-refractivity contribution in [2.45, 2.75) is 31.5 Å². The zero-order valence-electron chi connectivity index (χ0n) is 14.5. The Balaban J connectivity index is 1.55. The molecule has 2 heterocycles. The van der Waals surface area contributed by atoms with Crippen molar-refractivity contribution in [3.8, 4) is 5.69 Å². The number of benzene rings is 2. The molecule has 0 saturated carbocycles. The Hall–Kier alpha value is -2.36. The van der Waals surface area contributed by atoms with Gasteiger partial charge in [0.05, 0.1) is 18.0 Å². The van der Waals surface area contributed by atoms with Crippen LogP contribution in [0.1, 0.15) is 36.6 Å². The smallest absolute Gasteiger partial charge is 0.207 e. The molecule has 0 unspecified atom stereocenters. The fraction of sp³-hybridized carbons (Fsp3) is 0.227. The quantitative estimate of drug-likeness (QED) is 0.580. The van der Waals surface area contributed by atoms with Gasteiger partial charge in [0.2, 0.25) is 5.28 Å². The zero-order chi connectivity index (χ0) is 17.8. The summed E-state index contributed by atoms with van der Waals surface area (Å²) in [4.78, 5) is 4.32. The molecule has 3 aromatic rings. The van der Waals surface area contributed by atoms with Gasteiger partial charge >= 0.3 is 0 Å². The van der Waals surface area contributed by atoms with E-state index < -0.39 is 0 Å². The van der Waals surface area contributed by atoms with E-state index in [1.165, 1.54) is 5.56 Å². The Labute approximate surface area is 158 Å². The molecule has 1 saturated heterocycles. The van der Waals surface area contributed by atoms with E-state index >= 15 is 0 Å². The van der Waals surface area contributed by atoms with Crippen LogP contribution in [0.2, 0.25) is 5.28 Å². The number of hydrogen-bond acceptors (Lipinski definition) is 2. The average molecular weight is 365 g/mol. The highest BCUT2D eigenvalue weighted by Crippen LogP contribution is 2.34. The van der Waals surface area contributed by atoms with Gasteiger partial charge < -0.3 is 4.74 Å². The maximum atomic E-state index is 6.36. The summed E-state index contributed by atoms with van der Waals surface area (Å²) in [6.45, 7) is 0. The van der Waals surface area contributed by atoms with Gasteiger partial charge in [0.1, 0.15) is 6.10 Å². The summed E-state index contributed by atoms with van der Waals surface area (Å²) in [6.07, 6.45) is 9.36. The van der Waals surface area contributed by atoms with Crippen LogP contribution in [0.25, 0.3) is 11.8 Å². The van der Waals surface area contributed by atoms with E-state index in [9.17, 15) is 0 Å². The topological polar surface area (TPSA) is 27.1 Å². The van der Waals surface area contributed by atoms with Crippen molar-refractivity contribution < 1.29 is 4.74 Å². The van der Waals surface area contributed by atoms with E-state index in [4.69, 9.17) is 16.3 Å². The van der Waals surface area contributed by atoms with Gasteiger partial charge in [-0.3, -0.25) is 4.57 Å². The lowest BCUT2D eigenvalue weighted by atomic mass is 10.0. The first-order valence-electron chi connectivity index (χ1n) is 8.98. The van der Waals surface area contributed by atoms with Crippen molar-refractivity contribution in [3.05, 3.63) is 89.5 Å². The van der Waals surface area contributed by atoms with Crippen LogP contribution in [0.15, 0.2) is 72.9 Å². The van der Waals surface area contributed by atoms with E-state index in [2.05, 4.69) is 29.3 Å². The van der Waals surface area contributed by atoms with E-state index in [0.29, 0.717) is 5.28 Å². The van der Waals surface area contributed by atoms with Crippen LogP contribution in [-0.2, 0) is 4.74 Å². The molecule has 26 heavy (non-hydrogen) atoms. The van der Waals surface area contributed by atoms with Gasteiger partial charge in [0, 0.05) is 5.69 Å². The molecular formula is C22H21ClN2O. The highest BCUT2D eigenvalue weighted by atomic mass is 35.5. The van der Waals surface area contributed by atoms with E-state index in [0.717, 1.165) is 30.6 Å². The molecule has 2 atom stereocenters. The molecule has 2 aromatic carbocycles. The second-order valence-electron chi connectivity index (χ2n) is 6.49. The summed E-state index contributed by atoms with van der Waals surface area (Å²) in [7, 11) is 0. The maximum absolute atomic E-state index is 6.36. The fourth-order valence-electron chi connectivity index (χ4n) is 3.39. The maximum Gasteiger partial charge on any atom is 0.207 e. The van der Waals surface area contributed by atoms with Gasteiger partial charge in [0.15, 0.2) is 0 Å². The molecule has 0 aliphatic carbocycles. The monoisotopic (exact) mass is 364 g/mol. The lowest BCUT2D eigenvalue weighted by Crippen LogP contribution is -2.22. The Kier molecular flexibility index (Phi) is 5.19. The number of ether oxygens (including phenoxy) is 1. The average Bonchev–Trinajstić information content (AvgIpc) is 3.09. The molecule has 0 radical (unpaired) electrons. The summed E-state index contributed by atoms with van der Waals surface area (Å²) in [5.74, 6) is 0. The van der Waals surface area contributed by atoms with Gasteiger partial charge in [-0.05, 0) is 48.6 Å². The number of nitrogens with zero attached hydrogens (tertiary/aromatic N) is 2. The van der Waals surface area contributed by atoms with Crippen molar-refractivity contribution in [3.63, 3.8) is 0 Å². The molecule has 0 N–H and O–H groups in total. The Morgan fingerprint density at radius 1 is 1.00 bits per heavy atom. The van der Waals surface area contributed by atoms with Gasteiger partial charge in [-0.25, -0.2) is 4.98 Å². The first-order valence-corrected chi connectivity index (χ1v) is 9.36. The molecule has 1 aliphatic rings. The molecular weight excluding hydrogens is 344 g/mol. The molecule has 3 nitrogen and oxygen atoms in total. The van der Waals surface area contributed by atoms with Crippen LogP contribution in [0.4, 0.5) is 0 Å². The number of imidazole rings is 1. The van der Waals surface area contributed by atoms with E-state index in [1.807, 2.05) is 59.3 Å². The molecule has 1 aliphatic heterocycles. The molecule has 132 valence electrons. The number of aromatic nitrogens is 2. The standard InChI is InChI=1S/C22H21ClN2O/c23-22-24-16-20(25(22)18-10-5-2-6-11-18)21-13-7-12-19(26-21)15-14-17-8-3-1-4-9-17/h1-6,8-11,14-16,19,21H,7,12-13H2/b15-14+/t19-,21+/m1/s1. The second kappa shape index (κ2) is 7.90. The van der Waals surface area contributed by atoms with Crippen molar-refractivity contribution in [2.75, 3.05) is 0 Å². The van der Waals surface area contributed by atoms with Crippen molar-refractivity contribution >= 4 is 17.7 Å². The molecule has 0 bridgehead atoms. The summed E-state index contributed by atoms with van der Waals surface area (Å²) < 4.78 is 8.35. The number of para-hydroxylation sites is 1. The summed E-state index contributed by atoms with van der Waals surface area (Å²) in [5.41, 5.74) is 3.21. The van der Waals surface area contributed by atoms with Crippen LogP contribution in [0, 0.1) is 0 Å². The summed E-state index contributed by atoms with van der Waals surface area (Å²) >= 11 is 6.36. The molecule has 0 amide bonds. The number of halogens is 1. The van der Waals surface area contributed by atoms with Gasteiger partial charge in [0.25, 0.3) is 0 Å². The SMILES string of the molecule is Clc1ncc([C@@H]2CCC[C@H](/C=C/c3ccccc3)O2)n1-c1ccccc1. The first kappa shape index (κ1) is 17.1. The van der Waals surface area contributed by atoms with Crippen molar-refractivity contribution in [2.24, 2.45) is 0 Å². The largest absolute Gasteiger partial charge is 0.365 e. The Morgan fingerprint density at radius 3 is 2.50 bits per heavy atom.